The van der Waals surface area contributed by atoms with Gasteiger partial charge in [-0.15, -0.1) is 0 Å². The third kappa shape index (κ3) is 2.55. The number of methoxy groups -OCH3 is 1. The molecular formula is C12H18N2OS. The highest BCUT2D eigenvalue weighted by Crippen LogP contribution is 2.30. The minimum absolute atomic E-state index is 0.704. The van der Waals surface area contributed by atoms with Crippen LogP contribution < -0.4 is 15.8 Å². The summed E-state index contributed by atoms with van der Waals surface area (Å²) in [6.07, 6.45) is 1.31. The maximum atomic E-state index is 5.99. The smallest absolute Gasteiger partial charge is 0.143 e. The van der Waals surface area contributed by atoms with Crippen molar-refractivity contribution >= 4 is 23.1 Å². The highest BCUT2D eigenvalue weighted by Gasteiger charge is 2.15. The summed E-state index contributed by atoms with van der Waals surface area (Å²) < 4.78 is 5.19. The predicted octanol–water partition coefficient (Wildman–Crippen LogP) is 2.44. The number of nitrogen functional groups attached to an aromatic ring is 1. The lowest BCUT2D eigenvalue weighted by atomic mass is 10.1. The first-order valence-corrected chi connectivity index (χ1v) is 6.71. The van der Waals surface area contributed by atoms with Gasteiger partial charge in [-0.3, -0.25) is 0 Å². The minimum Gasteiger partial charge on any atom is -0.495 e. The van der Waals surface area contributed by atoms with Crippen LogP contribution in [-0.2, 0) is 0 Å². The van der Waals surface area contributed by atoms with Gasteiger partial charge >= 0.3 is 0 Å². The molecule has 16 heavy (non-hydrogen) atoms. The SMILES string of the molecule is COc1cccc(NCC2CCSC2)c1N. The monoisotopic (exact) mass is 238 g/mol. The predicted molar refractivity (Wildman–Crippen MR) is 71.3 cm³/mol. The molecule has 1 aliphatic rings. The summed E-state index contributed by atoms with van der Waals surface area (Å²) in [6, 6.07) is 5.84. The van der Waals surface area contributed by atoms with Crippen molar-refractivity contribution in [1.29, 1.82) is 0 Å². The Balaban J connectivity index is 1.97. The van der Waals surface area contributed by atoms with Crippen molar-refractivity contribution in [2.45, 2.75) is 6.42 Å². The van der Waals surface area contributed by atoms with Gasteiger partial charge in [0.25, 0.3) is 0 Å². The first-order valence-electron chi connectivity index (χ1n) is 5.55. The average Bonchev–Trinajstić information content (AvgIpc) is 2.81. The fourth-order valence-corrected chi connectivity index (χ4v) is 3.16. The Bertz CT molecular complexity index is 351. The van der Waals surface area contributed by atoms with Crippen molar-refractivity contribution in [3.8, 4) is 5.75 Å². The normalized spacial score (nSPS) is 19.7. The van der Waals surface area contributed by atoms with E-state index in [0.29, 0.717) is 5.69 Å². The second-order valence-corrected chi connectivity index (χ2v) is 5.18. The number of benzene rings is 1. The summed E-state index contributed by atoms with van der Waals surface area (Å²) in [5, 5.41) is 3.41. The number of thioether (sulfide) groups is 1. The lowest BCUT2D eigenvalue weighted by Gasteiger charge is -2.14. The molecule has 0 aliphatic carbocycles. The summed E-state index contributed by atoms with van der Waals surface area (Å²) in [7, 11) is 1.64. The zero-order chi connectivity index (χ0) is 11.4. The molecule has 4 heteroatoms. The molecule has 0 aromatic heterocycles. The van der Waals surface area contributed by atoms with Gasteiger partial charge in [0.2, 0.25) is 0 Å². The Morgan fingerprint density at radius 2 is 2.44 bits per heavy atom. The molecule has 1 saturated heterocycles. The van der Waals surface area contributed by atoms with Crippen LogP contribution in [0.3, 0.4) is 0 Å². The van der Waals surface area contributed by atoms with E-state index in [1.54, 1.807) is 7.11 Å². The molecule has 0 bridgehead atoms. The minimum atomic E-state index is 0.704. The number of rotatable bonds is 4. The van der Waals surface area contributed by atoms with Gasteiger partial charge in [-0.2, -0.15) is 11.8 Å². The number of nitrogens with two attached hydrogens (primary N) is 1. The second-order valence-electron chi connectivity index (χ2n) is 4.03. The summed E-state index contributed by atoms with van der Waals surface area (Å²) in [5.74, 6) is 4.07. The van der Waals surface area contributed by atoms with Crippen LogP contribution in [0.4, 0.5) is 11.4 Å². The van der Waals surface area contributed by atoms with E-state index in [2.05, 4.69) is 5.32 Å². The van der Waals surface area contributed by atoms with Gasteiger partial charge in [-0.05, 0) is 36.0 Å². The maximum Gasteiger partial charge on any atom is 0.143 e. The highest BCUT2D eigenvalue weighted by atomic mass is 32.2. The van der Waals surface area contributed by atoms with E-state index in [1.165, 1.54) is 17.9 Å². The van der Waals surface area contributed by atoms with E-state index in [9.17, 15) is 0 Å². The Morgan fingerprint density at radius 3 is 3.12 bits per heavy atom. The first kappa shape index (κ1) is 11.5. The van der Waals surface area contributed by atoms with E-state index in [0.717, 1.165) is 23.9 Å². The molecule has 1 fully saturated rings. The lowest BCUT2D eigenvalue weighted by Crippen LogP contribution is -2.14. The molecule has 1 aromatic rings. The number of anilines is 2. The maximum absolute atomic E-state index is 5.99. The van der Waals surface area contributed by atoms with E-state index < -0.39 is 0 Å². The standard InChI is InChI=1S/C12H18N2OS/c1-15-11-4-2-3-10(12(11)13)14-7-9-5-6-16-8-9/h2-4,9,14H,5-8,13H2,1H3. The number of nitrogens with one attached hydrogen (secondary N) is 1. The molecule has 88 valence electrons. The molecule has 3 nitrogen and oxygen atoms in total. The van der Waals surface area contributed by atoms with Crippen LogP contribution in [0.2, 0.25) is 0 Å². The molecule has 3 N–H and O–H groups in total. The zero-order valence-electron chi connectivity index (χ0n) is 9.53. The van der Waals surface area contributed by atoms with Gasteiger partial charge in [0.15, 0.2) is 0 Å². The Kier molecular flexibility index (Phi) is 3.83. The van der Waals surface area contributed by atoms with Crippen LogP contribution in [0.1, 0.15) is 6.42 Å². The molecular weight excluding hydrogens is 220 g/mol. The second kappa shape index (κ2) is 5.34. The molecule has 1 aliphatic heterocycles. The third-order valence-electron chi connectivity index (χ3n) is 2.89. The molecule has 0 saturated carbocycles. The van der Waals surface area contributed by atoms with Crippen molar-refractivity contribution in [2.24, 2.45) is 5.92 Å². The van der Waals surface area contributed by atoms with E-state index >= 15 is 0 Å². The number of hydrogen-bond donors (Lipinski definition) is 2. The van der Waals surface area contributed by atoms with Crippen LogP contribution in [0.5, 0.6) is 5.75 Å². The van der Waals surface area contributed by atoms with Crippen LogP contribution in [0.25, 0.3) is 0 Å². The topological polar surface area (TPSA) is 47.3 Å². The van der Waals surface area contributed by atoms with Gasteiger partial charge in [0.05, 0.1) is 18.5 Å². The molecule has 1 atom stereocenters. The van der Waals surface area contributed by atoms with Gasteiger partial charge in [0, 0.05) is 6.54 Å². The molecule has 1 aromatic carbocycles. The summed E-state index contributed by atoms with van der Waals surface area (Å²) in [4.78, 5) is 0. The van der Waals surface area contributed by atoms with Crippen LogP contribution >= 0.6 is 11.8 Å². The Morgan fingerprint density at radius 1 is 1.56 bits per heavy atom. The summed E-state index contributed by atoms with van der Waals surface area (Å²) in [6.45, 7) is 1.00. The zero-order valence-corrected chi connectivity index (χ0v) is 10.3. The quantitative estimate of drug-likeness (QED) is 0.791. The largest absolute Gasteiger partial charge is 0.495 e. The Hall–Kier alpha value is -1.03. The van der Waals surface area contributed by atoms with Crippen LogP contribution in [-0.4, -0.2) is 25.2 Å². The van der Waals surface area contributed by atoms with E-state index in [4.69, 9.17) is 10.5 Å². The Labute approximate surface area is 101 Å². The number of hydrogen-bond acceptors (Lipinski definition) is 4. The van der Waals surface area contributed by atoms with Crippen molar-refractivity contribution in [1.82, 2.24) is 0 Å². The van der Waals surface area contributed by atoms with Gasteiger partial charge in [0.1, 0.15) is 5.75 Å². The fraction of sp³-hybridized carbons (Fsp3) is 0.500. The van der Waals surface area contributed by atoms with Gasteiger partial charge in [-0.1, -0.05) is 6.07 Å². The highest BCUT2D eigenvalue weighted by molar-refractivity contribution is 7.99. The molecule has 0 radical (unpaired) electrons. The third-order valence-corrected chi connectivity index (χ3v) is 4.12. The van der Waals surface area contributed by atoms with Crippen LogP contribution in [0.15, 0.2) is 18.2 Å². The summed E-state index contributed by atoms with van der Waals surface area (Å²) in [5.41, 5.74) is 7.67. The van der Waals surface area contributed by atoms with Gasteiger partial charge in [-0.25, -0.2) is 0 Å². The summed E-state index contributed by atoms with van der Waals surface area (Å²) >= 11 is 2.03. The van der Waals surface area contributed by atoms with Crippen molar-refractivity contribution < 1.29 is 4.74 Å². The van der Waals surface area contributed by atoms with E-state index in [-0.39, 0.29) is 0 Å². The van der Waals surface area contributed by atoms with Crippen molar-refractivity contribution in [2.75, 3.05) is 36.2 Å². The molecule has 2 rings (SSSR count). The molecule has 1 unspecified atom stereocenters. The lowest BCUT2D eigenvalue weighted by molar-refractivity contribution is 0.417. The first-order chi connectivity index (χ1) is 7.81. The van der Waals surface area contributed by atoms with Gasteiger partial charge < -0.3 is 15.8 Å². The van der Waals surface area contributed by atoms with Crippen molar-refractivity contribution in [3.63, 3.8) is 0 Å². The number of ether oxygens (including phenoxy) is 1. The molecule has 0 spiro atoms. The van der Waals surface area contributed by atoms with Crippen LogP contribution in [0, 0.1) is 5.92 Å². The molecule has 1 heterocycles. The number of para-hydroxylation sites is 1. The molecule has 0 amide bonds. The average molecular weight is 238 g/mol. The van der Waals surface area contributed by atoms with E-state index in [1.807, 2.05) is 30.0 Å². The van der Waals surface area contributed by atoms with Crippen molar-refractivity contribution in [3.05, 3.63) is 18.2 Å². The fourth-order valence-electron chi connectivity index (χ4n) is 1.87.